The zero-order valence-electron chi connectivity index (χ0n) is 13.0. The number of aryl methyl sites for hydroxylation is 1. The fourth-order valence-electron chi connectivity index (χ4n) is 3.14. The average Bonchev–Trinajstić information content (AvgIpc) is 3.06. The van der Waals surface area contributed by atoms with E-state index in [9.17, 15) is 4.79 Å². The summed E-state index contributed by atoms with van der Waals surface area (Å²) in [5.74, 6) is 0.308. The van der Waals surface area contributed by atoms with Crippen LogP contribution in [-0.4, -0.2) is 30.9 Å². The number of hydrogen-bond acceptors (Lipinski definition) is 3. The molecule has 1 aliphatic heterocycles. The molecule has 1 aromatic heterocycles. The van der Waals surface area contributed by atoms with E-state index in [0.717, 1.165) is 32.4 Å². The van der Waals surface area contributed by atoms with Crippen molar-refractivity contribution in [3.8, 4) is 0 Å². The molecular weight excluding hydrogens is 268 g/mol. The van der Waals surface area contributed by atoms with Crippen molar-refractivity contribution in [1.82, 2.24) is 10.2 Å². The molecule has 1 aromatic rings. The minimum Gasteiger partial charge on any atom is -0.338 e. The van der Waals surface area contributed by atoms with Gasteiger partial charge in [-0.15, -0.1) is 11.3 Å². The largest absolute Gasteiger partial charge is 0.338 e. The Morgan fingerprint density at radius 1 is 1.55 bits per heavy atom. The average molecular weight is 294 g/mol. The van der Waals surface area contributed by atoms with Gasteiger partial charge in [0.15, 0.2) is 0 Å². The van der Waals surface area contributed by atoms with Gasteiger partial charge in [-0.05, 0) is 45.4 Å². The van der Waals surface area contributed by atoms with Crippen LogP contribution in [0.1, 0.15) is 48.9 Å². The summed E-state index contributed by atoms with van der Waals surface area (Å²) in [5, 5.41) is 3.37. The molecule has 2 heterocycles. The summed E-state index contributed by atoms with van der Waals surface area (Å²) in [7, 11) is 1.96. The maximum Gasteiger partial charge on any atom is 0.230 e. The number of thiophene rings is 1. The van der Waals surface area contributed by atoms with Crippen LogP contribution >= 0.6 is 11.3 Å². The van der Waals surface area contributed by atoms with Crippen molar-refractivity contribution in [2.45, 2.75) is 46.1 Å². The monoisotopic (exact) mass is 294 g/mol. The van der Waals surface area contributed by atoms with E-state index in [1.807, 2.05) is 11.9 Å². The number of hydrogen-bond donors (Lipinski definition) is 1. The van der Waals surface area contributed by atoms with Crippen LogP contribution in [0.5, 0.6) is 0 Å². The summed E-state index contributed by atoms with van der Waals surface area (Å²) in [4.78, 5) is 17.5. The van der Waals surface area contributed by atoms with Crippen LogP contribution < -0.4 is 5.32 Å². The lowest BCUT2D eigenvalue weighted by Crippen LogP contribution is -2.44. The molecule has 1 fully saturated rings. The third-order valence-electron chi connectivity index (χ3n) is 4.50. The molecule has 0 bridgehead atoms. The fourth-order valence-corrected chi connectivity index (χ4v) is 4.12. The Kier molecular flexibility index (Phi) is 4.86. The minimum atomic E-state index is -0.177. The van der Waals surface area contributed by atoms with Gasteiger partial charge in [0.25, 0.3) is 0 Å². The predicted octanol–water partition coefficient (Wildman–Crippen LogP) is 3.36. The Balaban J connectivity index is 2.14. The molecule has 20 heavy (non-hydrogen) atoms. The highest BCUT2D eigenvalue weighted by atomic mass is 32.1. The van der Waals surface area contributed by atoms with Crippen LogP contribution in [0.4, 0.5) is 0 Å². The van der Waals surface area contributed by atoms with Gasteiger partial charge in [0.05, 0.1) is 11.5 Å². The molecule has 0 saturated carbocycles. The van der Waals surface area contributed by atoms with Crippen molar-refractivity contribution < 1.29 is 4.79 Å². The Labute approximate surface area is 126 Å². The molecule has 0 radical (unpaired) electrons. The SMILES string of the molecule is CCCC1(C(=O)N(C)C(C)c2ccc(C)s2)CCNC1. The number of carbonyl (C=O) groups excluding carboxylic acids is 1. The van der Waals surface area contributed by atoms with Gasteiger partial charge >= 0.3 is 0 Å². The molecule has 1 N–H and O–H groups in total. The molecule has 112 valence electrons. The maximum atomic E-state index is 13.0. The zero-order chi connectivity index (χ0) is 14.8. The van der Waals surface area contributed by atoms with Crippen LogP contribution in [0.2, 0.25) is 0 Å². The van der Waals surface area contributed by atoms with Gasteiger partial charge in [0.1, 0.15) is 0 Å². The topological polar surface area (TPSA) is 32.3 Å². The molecule has 1 aliphatic rings. The molecule has 0 aromatic carbocycles. The van der Waals surface area contributed by atoms with E-state index in [-0.39, 0.29) is 11.5 Å². The van der Waals surface area contributed by atoms with Crippen molar-refractivity contribution in [3.05, 3.63) is 21.9 Å². The van der Waals surface area contributed by atoms with Crippen LogP contribution in [-0.2, 0) is 4.79 Å². The zero-order valence-corrected chi connectivity index (χ0v) is 13.8. The standard InChI is InChI=1S/C16H26N2OS/c1-5-8-16(9-10-17-11-16)15(19)18(4)13(3)14-7-6-12(2)20-14/h6-7,13,17H,5,8-11H2,1-4H3. The number of nitrogens with one attached hydrogen (secondary N) is 1. The van der Waals surface area contributed by atoms with E-state index in [2.05, 4.69) is 38.2 Å². The van der Waals surface area contributed by atoms with Gasteiger partial charge in [-0.1, -0.05) is 13.3 Å². The smallest absolute Gasteiger partial charge is 0.230 e. The van der Waals surface area contributed by atoms with Crippen molar-refractivity contribution in [2.24, 2.45) is 5.41 Å². The maximum absolute atomic E-state index is 13.0. The highest BCUT2D eigenvalue weighted by Crippen LogP contribution is 2.36. The van der Waals surface area contributed by atoms with Crippen LogP contribution in [0.25, 0.3) is 0 Å². The van der Waals surface area contributed by atoms with E-state index in [4.69, 9.17) is 0 Å². The molecular formula is C16H26N2OS. The van der Waals surface area contributed by atoms with Gasteiger partial charge in [-0.3, -0.25) is 4.79 Å². The second kappa shape index (κ2) is 6.27. The summed E-state index contributed by atoms with van der Waals surface area (Å²) in [5.41, 5.74) is -0.177. The van der Waals surface area contributed by atoms with Gasteiger partial charge in [-0.2, -0.15) is 0 Å². The summed E-state index contributed by atoms with van der Waals surface area (Å²) >= 11 is 1.79. The predicted molar refractivity (Wildman–Crippen MR) is 85.1 cm³/mol. The number of carbonyl (C=O) groups is 1. The minimum absolute atomic E-state index is 0.163. The summed E-state index contributed by atoms with van der Waals surface area (Å²) in [6, 6.07) is 4.44. The molecule has 1 saturated heterocycles. The van der Waals surface area contributed by atoms with Crippen LogP contribution in [0, 0.1) is 12.3 Å². The highest BCUT2D eigenvalue weighted by molar-refractivity contribution is 7.12. The Morgan fingerprint density at radius 3 is 2.80 bits per heavy atom. The van der Waals surface area contributed by atoms with Crippen LogP contribution in [0.3, 0.4) is 0 Å². The first-order valence-electron chi connectivity index (χ1n) is 7.54. The van der Waals surface area contributed by atoms with E-state index < -0.39 is 0 Å². The Bertz CT molecular complexity index is 463. The van der Waals surface area contributed by atoms with Crippen molar-refractivity contribution in [1.29, 1.82) is 0 Å². The third kappa shape index (κ3) is 2.91. The van der Waals surface area contributed by atoms with Crippen molar-refractivity contribution >= 4 is 17.2 Å². The summed E-state index contributed by atoms with van der Waals surface area (Å²) in [6.07, 6.45) is 3.02. The molecule has 0 spiro atoms. The second-order valence-corrected chi connectivity index (χ2v) is 7.32. The van der Waals surface area contributed by atoms with Gasteiger partial charge in [0.2, 0.25) is 5.91 Å². The lowest BCUT2D eigenvalue weighted by atomic mass is 9.81. The molecule has 1 amide bonds. The summed E-state index contributed by atoms with van der Waals surface area (Å²) in [6.45, 7) is 8.21. The molecule has 3 nitrogen and oxygen atoms in total. The summed E-state index contributed by atoms with van der Waals surface area (Å²) < 4.78 is 0. The second-order valence-electron chi connectivity index (χ2n) is 6.00. The van der Waals surface area contributed by atoms with Crippen LogP contribution in [0.15, 0.2) is 12.1 Å². The van der Waals surface area contributed by atoms with E-state index in [1.165, 1.54) is 9.75 Å². The normalized spacial score (nSPS) is 23.8. The van der Waals surface area contributed by atoms with Gasteiger partial charge in [-0.25, -0.2) is 0 Å². The quantitative estimate of drug-likeness (QED) is 0.903. The van der Waals surface area contributed by atoms with E-state index in [1.54, 1.807) is 11.3 Å². The lowest BCUT2D eigenvalue weighted by Gasteiger charge is -2.34. The molecule has 0 aliphatic carbocycles. The van der Waals surface area contributed by atoms with Crippen molar-refractivity contribution in [2.75, 3.05) is 20.1 Å². The van der Waals surface area contributed by atoms with E-state index in [0.29, 0.717) is 5.91 Å². The number of rotatable bonds is 5. The molecule has 2 unspecified atom stereocenters. The first kappa shape index (κ1) is 15.5. The molecule has 2 rings (SSSR count). The number of amides is 1. The van der Waals surface area contributed by atoms with Crippen molar-refractivity contribution in [3.63, 3.8) is 0 Å². The molecule has 4 heteroatoms. The number of nitrogens with zero attached hydrogens (tertiary/aromatic N) is 1. The highest BCUT2D eigenvalue weighted by Gasteiger charge is 2.42. The van der Waals surface area contributed by atoms with Gasteiger partial charge < -0.3 is 10.2 Å². The first-order chi connectivity index (χ1) is 9.50. The lowest BCUT2D eigenvalue weighted by molar-refractivity contribution is -0.142. The Morgan fingerprint density at radius 2 is 2.30 bits per heavy atom. The van der Waals surface area contributed by atoms with E-state index >= 15 is 0 Å². The third-order valence-corrected chi connectivity index (χ3v) is 5.67. The first-order valence-corrected chi connectivity index (χ1v) is 8.36. The molecule has 2 atom stereocenters. The Hall–Kier alpha value is -0.870. The fraction of sp³-hybridized carbons (Fsp3) is 0.688. The van der Waals surface area contributed by atoms with Gasteiger partial charge in [0, 0.05) is 23.3 Å².